The standard InChI is InChI=1S/C17H18F2N2O4/c1-17(23,24)25-12-7-21(8-12)16-14(18)5-11(6-20-16)13-4-2-3-10(9-22)15(13)19/h2-6,12,22-24H,7-9H2,1H3. The molecule has 0 radical (unpaired) electrons. The van der Waals surface area contributed by atoms with Crippen LogP contribution in [0.5, 0.6) is 0 Å². The van der Waals surface area contributed by atoms with Gasteiger partial charge < -0.3 is 25.0 Å². The lowest BCUT2D eigenvalue weighted by Crippen LogP contribution is -2.56. The van der Waals surface area contributed by atoms with Gasteiger partial charge in [0.05, 0.1) is 12.7 Å². The van der Waals surface area contributed by atoms with Gasteiger partial charge in [-0.2, -0.15) is 0 Å². The number of rotatable bonds is 5. The van der Waals surface area contributed by atoms with E-state index < -0.39 is 30.3 Å². The highest BCUT2D eigenvalue weighted by Gasteiger charge is 2.35. The molecule has 134 valence electrons. The van der Waals surface area contributed by atoms with Gasteiger partial charge in [0.2, 0.25) is 0 Å². The summed E-state index contributed by atoms with van der Waals surface area (Å²) in [7, 11) is 0. The molecule has 6 nitrogen and oxygen atoms in total. The first kappa shape index (κ1) is 17.7. The molecule has 25 heavy (non-hydrogen) atoms. The lowest BCUT2D eigenvalue weighted by molar-refractivity contribution is -0.344. The summed E-state index contributed by atoms with van der Waals surface area (Å²) >= 11 is 0. The number of hydrogen-bond acceptors (Lipinski definition) is 6. The van der Waals surface area contributed by atoms with E-state index in [0.29, 0.717) is 0 Å². The molecule has 0 spiro atoms. The van der Waals surface area contributed by atoms with Crippen molar-refractivity contribution in [2.45, 2.75) is 25.6 Å². The molecule has 1 saturated heterocycles. The summed E-state index contributed by atoms with van der Waals surface area (Å²) in [5.41, 5.74) is 0.548. The van der Waals surface area contributed by atoms with Crippen molar-refractivity contribution in [3.8, 4) is 11.1 Å². The van der Waals surface area contributed by atoms with Crippen molar-refractivity contribution in [2.24, 2.45) is 0 Å². The van der Waals surface area contributed by atoms with Crippen LogP contribution < -0.4 is 4.90 Å². The SMILES string of the molecule is CC(O)(O)OC1CN(c2ncc(-c3cccc(CO)c3F)cc2F)C1. The maximum Gasteiger partial charge on any atom is 0.275 e. The number of pyridine rings is 1. The number of hydrogen-bond donors (Lipinski definition) is 3. The molecule has 0 unspecified atom stereocenters. The molecule has 0 amide bonds. The number of anilines is 1. The molecule has 1 aromatic heterocycles. The quantitative estimate of drug-likeness (QED) is 0.705. The van der Waals surface area contributed by atoms with Crippen LogP contribution in [0, 0.1) is 11.6 Å². The fraction of sp³-hybridized carbons (Fsp3) is 0.353. The Morgan fingerprint density at radius 3 is 2.64 bits per heavy atom. The molecule has 1 aliphatic rings. The van der Waals surface area contributed by atoms with E-state index in [1.807, 2.05) is 0 Å². The number of nitrogens with zero attached hydrogens (tertiary/aromatic N) is 2. The van der Waals surface area contributed by atoms with Crippen molar-refractivity contribution < 1.29 is 28.8 Å². The second-order valence-electron chi connectivity index (χ2n) is 6.04. The van der Waals surface area contributed by atoms with E-state index in [1.54, 1.807) is 11.0 Å². The molecule has 2 aromatic rings. The molecular weight excluding hydrogens is 334 g/mol. The van der Waals surface area contributed by atoms with Crippen LogP contribution in [0.2, 0.25) is 0 Å². The molecule has 3 rings (SSSR count). The number of ether oxygens (including phenoxy) is 1. The zero-order chi connectivity index (χ0) is 18.2. The zero-order valence-electron chi connectivity index (χ0n) is 13.5. The van der Waals surface area contributed by atoms with Gasteiger partial charge in [-0.15, -0.1) is 0 Å². The molecular formula is C17H18F2N2O4. The van der Waals surface area contributed by atoms with Gasteiger partial charge in [-0.1, -0.05) is 18.2 Å². The number of aromatic nitrogens is 1. The van der Waals surface area contributed by atoms with Crippen LogP contribution in [0.25, 0.3) is 11.1 Å². The third-order valence-corrected chi connectivity index (χ3v) is 3.92. The molecule has 0 bridgehead atoms. The second kappa shape index (κ2) is 6.64. The fourth-order valence-corrected chi connectivity index (χ4v) is 2.74. The first-order chi connectivity index (χ1) is 11.8. The van der Waals surface area contributed by atoms with Crippen LogP contribution in [-0.4, -0.2) is 45.5 Å². The lowest BCUT2D eigenvalue weighted by atomic mass is 10.0. The molecule has 2 heterocycles. The Kier molecular flexibility index (Phi) is 4.70. The van der Waals surface area contributed by atoms with Crippen LogP contribution >= 0.6 is 0 Å². The van der Waals surface area contributed by atoms with Gasteiger partial charge in [0.25, 0.3) is 5.97 Å². The lowest BCUT2D eigenvalue weighted by Gasteiger charge is -2.41. The zero-order valence-corrected chi connectivity index (χ0v) is 13.5. The molecule has 1 fully saturated rings. The van der Waals surface area contributed by atoms with Gasteiger partial charge in [0.1, 0.15) is 5.82 Å². The van der Waals surface area contributed by atoms with Crippen LogP contribution in [-0.2, 0) is 11.3 Å². The predicted octanol–water partition coefficient (Wildman–Crippen LogP) is 1.38. The van der Waals surface area contributed by atoms with Crippen LogP contribution in [0.1, 0.15) is 12.5 Å². The van der Waals surface area contributed by atoms with Crippen molar-refractivity contribution in [3.63, 3.8) is 0 Å². The first-order valence-corrected chi connectivity index (χ1v) is 7.70. The maximum atomic E-state index is 14.4. The number of halogens is 2. The van der Waals surface area contributed by atoms with Gasteiger partial charge in [0, 0.05) is 42.9 Å². The molecule has 0 aliphatic carbocycles. The summed E-state index contributed by atoms with van der Waals surface area (Å²) in [6.07, 6.45) is 0.911. The third-order valence-electron chi connectivity index (χ3n) is 3.92. The summed E-state index contributed by atoms with van der Waals surface area (Å²) in [6.45, 7) is 1.17. The monoisotopic (exact) mass is 352 g/mol. The Hall–Kier alpha value is -2.13. The average Bonchev–Trinajstić information content (AvgIpc) is 2.50. The van der Waals surface area contributed by atoms with Crippen molar-refractivity contribution in [1.82, 2.24) is 4.98 Å². The highest BCUT2D eigenvalue weighted by atomic mass is 19.1. The number of aliphatic hydroxyl groups is 3. The van der Waals surface area contributed by atoms with E-state index in [4.69, 9.17) is 20.1 Å². The van der Waals surface area contributed by atoms with Crippen molar-refractivity contribution >= 4 is 5.82 Å². The number of aliphatic hydroxyl groups excluding tert-OH is 1. The average molecular weight is 352 g/mol. The van der Waals surface area contributed by atoms with E-state index in [1.165, 1.54) is 24.4 Å². The topological polar surface area (TPSA) is 86.0 Å². The highest BCUT2D eigenvalue weighted by molar-refractivity contribution is 5.66. The Morgan fingerprint density at radius 2 is 2.04 bits per heavy atom. The summed E-state index contributed by atoms with van der Waals surface area (Å²) in [5, 5.41) is 27.5. The summed E-state index contributed by atoms with van der Waals surface area (Å²) in [6, 6.07) is 5.70. The van der Waals surface area contributed by atoms with Crippen molar-refractivity contribution in [3.05, 3.63) is 47.7 Å². The Labute approximate surface area is 142 Å². The van der Waals surface area contributed by atoms with Gasteiger partial charge in [-0.05, 0) is 6.07 Å². The van der Waals surface area contributed by atoms with Crippen LogP contribution in [0.4, 0.5) is 14.6 Å². The van der Waals surface area contributed by atoms with Gasteiger partial charge >= 0.3 is 0 Å². The Balaban J connectivity index is 1.77. The van der Waals surface area contributed by atoms with Crippen LogP contribution in [0.3, 0.4) is 0 Å². The minimum Gasteiger partial charge on any atom is -0.392 e. The molecule has 0 saturated carbocycles. The first-order valence-electron chi connectivity index (χ1n) is 7.70. The van der Waals surface area contributed by atoms with Gasteiger partial charge in [-0.25, -0.2) is 13.8 Å². The van der Waals surface area contributed by atoms with Crippen LogP contribution in [0.15, 0.2) is 30.5 Å². The van der Waals surface area contributed by atoms with E-state index >= 15 is 0 Å². The summed E-state index contributed by atoms with van der Waals surface area (Å²) in [4.78, 5) is 5.62. The predicted molar refractivity (Wildman–Crippen MR) is 85.4 cm³/mol. The molecule has 8 heteroatoms. The molecule has 1 aromatic carbocycles. The maximum absolute atomic E-state index is 14.4. The van der Waals surface area contributed by atoms with E-state index in [2.05, 4.69) is 4.98 Å². The minimum absolute atomic E-state index is 0.0832. The van der Waals surface area contributed by atoms with E-state index in [0.717, 1.165) is 6.92 Å². The second-order valence-corrected chi connectivity index (χ2v) is 6.04. The Morgan fingerprint density at radius 1 is 1.32 bits per heavy atom. The molecule has 0 atom stereocenters. The largest absolute Gasteiger partial charge is 0.392 e. The molecule has 1 aliphatic heterocycles. The van der Waals surface area contributed by atoms with Crippen molar-refractivity contribution in [2.75, 3.05) is 18.0 Å². The summed E-state index contributed by atoms with van der Waals surface area (Å²) < 4.78 is 33.6. The van der Waals surface area contributed by atoms with E-state index in [-0.39, 0.29) is 35.6 Å². The third kappa shape index (κ3) is 3.77. The Bertz CT molecular complexity index is 774. The van der Waals surface area contributed by atoms with Crippen molar-refractivity contribution in [1.29, 1.82) is 0 Å². The van der Waals surface area contributed by atoms with Gasteiger partial charge in [-0.3, -0.25) is 0 Å². The fourth-order valence-electron chi connectivity index (χ4n) is 2.74. The minimum atomic E-state index is -2.23. The number of benzene rings is 1. The normalized spacial score (nSPS) is 15.4. The molecule has 3 N–H and O–H groups in total. The smallest absolute Gasteiger partial charge is 0.275 e. The van der Waals surface area contributed by atoms with E-state index in [9.17, 15) is 8.78 Å². The summed E-state index contributed by atoms with van der Waals surface area (Å²) in [5.74, 6) is -3.39. The highest BCUT2D eigenvalue weighted by Crippen LogP contribution is 2.30. The van der Waals surface area contributed by atoms with Gasteiger partial charge in [0.15, 0.2) is 11.6 Å².